The van der Waals surface area contributed by atoms with Crippen LogP contribution in [0.5, 0.6) is 0 Å². The number of para-hydroxylation sites is 1. The molecule has 136 valence electrons. The fourth-order valence-electron chi connectivity index (χ4n) is 2.87. The molecule has 1 aromatic heterocycles. The van der Waals surface area contributed by atoms with E-state index in [4.69, 9.17) is 0 Å². The van der Waals surface area contributed by atoms with Gasteiger partial charge in [0.05, 0.1) is 22.5 Å². The number of aliphatic imine (C=N–C) groups is 1. The molecule has 0 saturated heterocycles. The van der Waals surface area contributed by atoms with Crippen molar-refractivity contribution < 1.29 is 18.0 Å². The lowest BCUT2D eigenvalue weighted by atomic mass is 10.0. The molecule has 1 N–H and O–H groups in total. The summed E-state index contributed by atoms with van der Waals surface area (Å²) < 4.78 is 38.2. The van der Waals surface area contributed by atoms with Crippen LogP contribution in [0.4, 0.5) is 24.0 Å². The number of nitrogens with one attached hydrogen (secondary N) is 1. The first-order valence-electron chi connectivity index (χ1n) is 8.00. The van der Waals surface area contributed by atoms with Gasteiger partial charge in [-0.3, -0.25) is 15.1 Å². The molecule has 2 heterocycles. The second-order valence-corrected chi connectivity index (χ2v) is 6.81. The number of rotatable bonds is 3. The van der Waals surface area contributed by atoms with E-state index < -0.39 is 11.7 Å². The van der Waals surface area contributed by atoms with E-state index in [0.717, 1.165) is 17.7 Å². The summed E-state index contributed by atoms with van der Waals surface area (Å²) in [6.45, 7) is 0. The molecule has 0 unspecified atom stereocenters. The Morgan fingerprint density at radius 2 is 1.89 bits per heavy atom. The molecule has 0 aliphatic carbocycles. The number of hydrogen-bond donors (Lipinski definition) is 1. The van der Waals surface area contributed by atoms with E-state index in [1.54, 1.807) is 23.7 Å². The highest BCUT2D eigenvalue weighted by Crippen LogP contribution is 2.34. The number of anilines is 1. The van der Waals surface area contributed by atoms with Crippen LogP contribution in [-0.2, 0) is 12.6 Å². The summed E-state index contributed by atoms with van der Waals surface area (Å²) in [5.41, 5.74) is 2.34. The number of nitrogens with zero attached hydrogens (tertiary/aromatic N) is 2. The fourth-order valence-corrected chi connectivity index (χ4v) is 3.40. The molecule has 0 bridgehead atoms. The van der Waals surface area contributed by atoms with Gasteiger partial charge in [-0.05, 0) is 29.3 Å². The van der Waals surface area contributed by atoms with E-state index >= 15 is 0 Å². The summed E-state index contributed by atoms with van der Waals surface area (Å²) in [5, 5.41) is 4.97. The van der Waals surface area contributed by atoms with E-state index in [1.165, 1.54) is 23.5 Å². The predicted octanol–water partition coefficient (Wildman–Crippen LogP) is 5.09. The molecule has 4 rings (SSSR count). The lowest BCUT2D eigenvalue weighted by Gasteiger charge is -2.07. The smallest absolute Gasteiger partial charge is 0.298 e. The van der Waals surface area contributed by atoms with Crippen molar-refractivity contribution in [3.8, 4) is 0 Å². The molecule has 0 fully saturated rings. The van der Waals surface area contributed by atoms with Crippen LogP contribution in [0.15, 0.2) is 59.0 Å². The van der Waals surface area contributed by atoms with Crippen molar-refractivity contribution in [2.24, 2.45) is 4.99 Å². The van der Waals surface area contributed by atoms with Crippen LogP contribution in [0.25, 0.3) is 0 Å². The van der Waals surface area contributed by atoms with Crippen molar-refractivity contribution in [3.05, 3.63) is 76.3 Å². The third-order valence-electron chi connectivity index (χ3n) is 4.17. The molecule has 8 heteroatoms. The zero-order valence-corrected chi connectivity index (χ0v) is 14.6. The van der Waals surface area contributed by atoms with Gasteiger partial charge in [-0.1, -0.05) is 24.3 Å². The van der Waals surface area contributed by atoms with Crippen molar-refractivity contribution in [2.75, 3.05) is 5.32 Å². The largest absolute Gasteiger partial charge is 0.416 e. The average molecular weight is 387 g/mol. The van der Waals surface area contributed by atoms with Gasteiger partial charge in [0.2, 0.25) is 0 Å². The monoisotopic (exact) mass is 387 g/mol. The van der Waals surface area contributed by atoms with Gasteiger partial charge in [0.15, 0.2) is 5.13 Å². The summed E-state index contributed by atoms with van der Waals surface area (Å²) in [6, 6.07) is 10.2. The molecule has 0 atom stereocenters. The van der Waals surface area contributed by atoms with Gasteiger partial charge in [-0.15, -0.1) is 11.3 Å². The number of aromatic nitrogens is 1. The molecule has 4 nitrogen and oxygen atoms in total. The average Bonchev–Trinajstić information content (AvgIpc) is 3.30. The van der Waals surface area contributed by atoms with E-state index in [9.17, 15) is 18.0 Å². The number of hydrogen-bond acceptors (Lipinski definition) is 4. The summed E-state index contributed by atoms with van der Waals surface area (Å²) in [6.07, 6.45) is -2.32. The maximum Gasteiger partial charge on any atom is 0.416 e. The number of amides is 1. The van der Waals surface area contributed by atoms with Crippen molar-refractivity contribution in [1.29, 1.82) is 0 Å². The minimum atomic E-state index is -4.37. The number of carbonyl (C=O) groups excluding carboxylic acids is 1. The number of alkyl halides is 3. The van der Waals surface area contributed by atoms with Gasteiger partial charge >= 0.3 is 6.18 Å². The van der Waals surface area contributed by atoms with E-state index in [2.05, 4.69) is 15.3 Å². The highest BCUT2D eigenvalue weighted by atomic mass is 32.1. The lowest BCUT2D eigenvalue weighted by Crippen LogP contribution is -2.11. The van der Waals surface area contributed by atoms with Crippen LogP contribution in [0.1, 0.15) is 27.0 Å². The first-order chi connectivity index (χ1) is 12.9. The molecule has 3 aromatic rings. The maximum absolute atomic E-state index is 12.7. The van der Waals surface area contributed by atoms with Crippen molar-refractivity contribution in [1.82, 2.24) is 4.98 Å². The van der Waals surface area contributed by atoms with Crippen LogP contribution in [0.3, 0.4) is 0 Å². The number of halogens is 3. The molecule has 1 amide bonds. The van der Waals surface area contributed by atoms with Gasteiger partial charge in [0.1, 0.15) is 0 Å². The quantitative estimate of drug-likeness (QED) is 0.681. The number of benzene rings is 2. The van der Waals surface area contributed by atoms with E-state index in [-0.39, 0.29) is 5.91 Å². The molecule has 1 aliphatic heterocycles. The SMILES string of the molecule is O=C(Nc1nccs1)c1cccc2c1N=C(c1ccc(C(F)(F)F)cc1)C2. The number of fused-ring (bicyclic) bond motifs is 1. The van der Waals surface area contributed by atoms with Gasteiger partial charge in [0.25, 0.3) is 5.91 Å². The first kappa shape index (κ1) is 17.4. The Kier molecular flexibility index (Phi) is 4.27. The zero-order valence-electron chi connectivity index (χ0n) is 13.7. The second kappa shape index (κ2) is 6.62. The third kappa shape index (κ3) is 3.48. The lowest BCUT2D eigenvalue weighted by molar-refractivity contribution is -0.137. The summed E-state index contributed by atoms with van der Waals surface area (Å²) in [7, 11) is 0. The predicted molar refractivity (Wildman–Crippen MR) is 97.9 cm³/mol. The highest BCUT2D eigenvalue weighted by Gasteiger charge is 2.30. The standard InChI is InChI=1S/C19H12F3N3OS/c20-19(21,22)13-6-4-11(5-7-13)15-10-12-2-1-3-14(16(12)24-15)17(26)25-18-23-8-9-27-18/h1-9H,10H2,(H,23,25,26). The Morgan fingerprint density at radius 3 is 2.56 bits per heavy atom. The third-order valence-corrected chi connectivity index (χ3v) is 4.86. The van der Waals surface area contributed by atoms with Crippen molar-refractivity contribution in [2.45, 2.75) is 12.6 Å². The Balaban J connectivity index is 1.63. The van der Waals surface area contributed by atoms with E-state index in [0.29, 0.717) is 34.1 Å². The minimum absolute atomic E-state index is 0.320. The van der Waals surface area contributed by atoms with Crippen molar-refractivity contribution in [3.63, 3.8) is 0 Å². The normalized spacial score (nSPS) is 13.2. The summed E-state index contributed by atoms with van der Waals surface area (Å²) >= 11 is 1.31. The Labute approximate surface area is 156 Å². The molecule has 0 saturated carbocycles. The van der Waals surface area contributed by atoms with Gasteiger partial charge < -0.3 is 0 Å². The fraction of sp³-hybridized carbons (Fsp3) is 0.105. The van der Waals surface area contributed by atoms with Gasteiger partial charge in [0, 0.05) is 18.0 Å². The zero-order chi connectivity index (χ0) is 19.0. The minimum Gasteiger partial charge on any atom is -0.298 e. The number of thiazole rings is 1. The van der Waals surface area contributed by atoms with Gasteiger partial charge in [-0.25, -0.2) is 4.98 Å². The Bertz CT molecular complexity index is 1030. The maximum atomic E-state index is 12.7. The molecular weight excluding hydrogens is 375 g/mol. The van der Waals surface area contributed by atoms with E-state index in [1.807, 2.05) is 6.07 Å². The van der Waals surface area contributed by atoms with Gasteiger partial charge in [-0.2, -0.15) is 13.2 Å². The molecular formula is C19H12F3N3OS. The second-order valence-electron chi connectivity index (χ2n) is 5.92. The molecule has 2 aromatic carbocycles. The summed E-state index contributed by atoms with van der Waals surface area (Å²) in [4.78, 5) is 21.1. The molecule has 1 aliphatic rings. The van der Waals surface area contributed by atoms with Crippen LogP contribution < -0.4 is 5.32 Å². The molecule has 27 heavy (non-hydrogen) atoms. The van der Waals surface area contributed by atoms with Crippen LogP contribution in [0, 0.1) is 0 Å². The Morgan fingerprint density at radius 1 is 1.11 bits per heavy atom. The van der Waals surface area contributed by atoms with Crippen LogP contribution in [0.2, 0.25) is 0 Å². The number of carbonyl (C=O) groups is 1. The first-order valence-corrected chi connectivity index (χ1v) is 8.88. The van der Waals surface area contributed by atoms with Crippen molar-refractivity contribution >= 4 is 33.8 Å². The molecule has 0 spiro atoms. The Hall–Kier alpha value is -3.00. The van der Waals surface area contributed by atoms with Crippen LogP contribution >= 0.6 is 11.3 Å². The highest BCUT2D eigenvalue weighted by molar-refractivity contribution is 7.13. The van der Waals surface area contributed by atoms with Crippen LogP contribution in [-0.4, -0.2) is 16.6 Å². The summed E-state index contributed by atoms with van der Waals surface area (Å²) in [5.74, 6) is -0.320. The topological polar surface area (TPSA) is 54.4 Å². The molecule has 0 radical (unpaired) electrons.